The second kappa shape index (κ2) is 11.9. The fraction of sp³-hybridized carbons (Fsp3) is 0.385. The summed E-state index contributed by atoms with van der Waals surface area (Å²) in [6, 6.07) is 12.6. The Kier molecular flexibility index (Phi) is 8.40. The molecule has 0 unspecified atom stereocenters. The maximum absolute atomic E-state index is 15.3. The second-order valence-corrected chi connectivity index (χ2v) is 9.17. The van der Waals surface area contributed by atoms with E-state index >= 15 is 4.39 Å². The molecule has 1 fully saturated rings. The fourth-order valence-corrected chi connectivity index (χ4v) is 4.56. The predicted molar refractivity (Wildman–Crippen MR) is 137 cm³/mol. The van der Waals surface area contributed by atoms with Crippen LogP contribution in [0.2, 0.25) is 0 Å². The summed E-state index contributed by atoms with van der Waals surface area (Å²) in [5, 5.41) is 26.9. The molecule has 0 bridgehead atoms. The number of nitrogens with one attached hydrogen (secondary N) is 2. The zero-order valence-corrected chi connectivity index (χ0v) is 20.0. The number of benzene rings is 2. The molecule has 0 radical (unpaired) electrons. The Morgan fingerprint density at radius 3 is 2.58 bits per heavy atom. The third-order valence-electron chi connectivity index (χ3n) is 6.74. The third-order valence-corrected chi connectivity index (χ3v) is 6.74. The van der Waals surface area contributed by atoms with E-state index in [9.17, 15) is 15.2 Å². The number of hydrogen-bond acceptors (Lipinski definition) is 8. The van der Waals surface area contributed by atoms with Crippen molar-refractivity contribution < 1.29 is 14.4 Å². The van der Waals surface area contributed by atoms with Gasteiger partial charge in [0.2, 0.25) is 11.8 Å². The number of hydrogen-bond donors (Lipinski definition) is 4. The average molecular weight is 495 g/mol. The Morgan fingerprint density at radius 1 is 1.11 bits per heavy atom. The molecule has 1 saturated carbocycles. The minimum absolute atomic E-state index is 0.110. The van der Waals surface area contributed by atoms with Crippen LogP contribution in [0.4, 0.5) is 21.8 Å². The quantitative estimate of drug-likeness (QED) is 0.239. The van der Waals surface area contributed by atoms with Gasteiger partial charge in [0.05, 0.1) is 4.92 Å². The first kappa shape index (κ1) is 25.5. The average Bonchev–Trinajstić information content (AvgIpc) is 2.91. The van der Waals surface area contributed by atoms with Gasteiger partial charge >= 0.3 is 5.69 Å². The number of nitrogens with two attached hydrogens (primary N) is 1. The minimum atomic E-state index is -0.520. The van der Waals surface area contributed by atoms with Gasteiger partial charge in [-0.05, 0) is 54.7 Å². The molecule has 1 aliphatic carbocycles. The number of anilines is 2. The van der Waals surface area contributed by atoms with Gasteiger partial charge in [-0.3, -0.25) is 10.1 Å². The SMILES string of the molecule is NCc1cccc(-c2cccc(CNc3ncc([N+](=O)[O-])c(NCC4CCC(CO)CC4)n3)c2F)c1. The van der Waals surface area contributed by atoms with E-state index in [4.69, 9.17) is 5.73 Å². The van der Waals surface area contributed by atoms with Gasteiger partial charge in [-0.25, -0.2) is 9.37 Å². The van der Waals surface area contributed by atoms with Crippen LogP contribution in [0.1, 0.15) is 36.8 Å². The van der Waals surface area contributed by atoms with Crippen molar-refractivity contribution in [3.05, 3.63) is 75.7 Å². The summed E-state index contributed by atoms with van der Waals surface area (Å²) in [7, 11) is 0. The van der Waals surface area contributed by atoms with Crippen molar-refractivity contribution in [2.24, 2.45) is 17.6 Å². The molecule has 0 saturated heterocycles. The second-order valence-electron chi connectivity index (χ2n) is 9.17. The summed E-state index contributed by atoms with van der Waals surface area (Å²) in [5.74, 6) is 0.636. The van der Waals surface area contributed by atoms with E-state index in [0.717, 1.165) is 43.0 Å². The van der Waals surface area contributed by atoms with Crippen LogP contribution in [0.25, 0.3) is 11.1 Å². The van der Waals surface area contributed by atoms with E-state index < -0.39 is 4.92 Å². The Labute approximate surface area is 209 Å². The molecule has 5 N–H and O–H groups in total. The molecule has 0 spiro atoms. The highest BCUT2D eigenvalue weighted by atomic mass is 19.1. The molecule has 4 rings (SSSR count). The van der Waals surface area contributed by atoms with Crippen molar-refractivity contribution in [1.82, 2.24) is 9.97 Å². The first-order chi connectivity index (χ1) is 17.5. The predicted octanol–water partition coefficient (Wildman–Crippen LogP) is 4.47. The summed E-state index contributed by atoms with van der Waals surface area (Å²) in [6.45, 7) is 1.23. The molecule has 0 amide bonds. The topological polar surface area (TPSA) is 139 Å². The third kappa shape index (κ3) is 6.13. The molecule has 9 nitrogen and oxygen atoms in total. The van der Waals surface area contributed by atoms with Crippen LogP contribution in [0, 0.1) is 27.8 Å². The van der Waals surface area contributed by atoms with Crippen LogP contribution in [-0.4, -0.2) is 33.1 Å². The maximum Gasteiger partial charge on any atom is 0.329 e. The van der Waals surface area contributed by atoms with Crippen LogP contribution in [0.3, 0.4) is 0 Å². The number of nitro groups is 1. The lowest BCUT2D eigenvalue weighted by atomic mass is 9.82. The van der Waals surface area contributed by atoms with Crippen LogP contribution < -0.4 is 16.4 Å². The van der Waals surface area contributed by atoms with Crippen LogP contribution in [-0.2, 0) is 13.1 Å². The zero-order chi connectivity index (χ0) is 25.5. The summed E-state index contributed by atoms with van der Waals surface area (Å²) in [6.07, 6.45) is 4.95. The molecule has 3 aromatic rings. The maximum atomic E-state index is 15.3. The highest BCUT2D eigenvalue weighted by Crippen LogP contribution is 2.30. The Balaban J connectivity index is 1.45. The van der Waals surface area contributed by atoms with E-state index in [1.54, 1.807) is 18.2 Å². The van der Waals surface area contributed by atoms with Crippen molar-refractivity contribution in [3.63, 3.8) is 0 Å². The smallest absolute Gasteiger partial charge is 0.329 e. The highest BCUT2D eigenvalue weighted by molar-refractivity contribution is 5.66. The molecule has 1 aliphatic rings. The largest absolute Gasteiger partial charge is 0.396 e. The number of aliphatic hydroxyl groups excluding tert-OH is 1. The van der Waals surface area contributed by atoms with Crippen molar-refractivity contribution in [3.8, 4) is 11.1 Å². The summed E-state index contributed by atoms with van der Waals surface area (Å²) in [5.41, 5.74) is 8.05. The van der Waals surface area contributed by atoms with E-state index in [1.165, 1.54) is 0 Å². The van der Waals surface area contributed by atoms with Gasteiger partial charge in [0.25, 0.3) is 0 Å². The molecule has 36 heavy (non-hydrogen) atoms. The van der Waals surface area contributed by atoms with Crippen molar-refractivity contribution in [2.45, 2.75) is 38.8 Å². The number of nitrogens with zero attached hydrogens (tertiary/aromatic N) is 3. The van der Waals surface area contributed by atoms with E-state index in [0.29, 0.717) is 36.1 Å². The summed E-state index contributed by atoms with van der Waals surface area (Å²) >= 11 is 0. The normalized spacial score (nSPS) is 17.5. The Bertz CT molecular complexity index is 1200. The number of aromatic nitrogens is 2. The number of halogens is 1. The van der Waals surface area contributed by atoms with Gasteiger partial charge < -0.3 is 21.5 Å². The van der Waals surface area contributed by atoms with E-state index in [-0.39, 0.29) is 36.4 Å². The number of aliphatic hydroxyl groups is 1. The molecular formula is C26H31FN6O3. The molecule has 0 aliphatic heterocycles. The summed E-state index contributed by atoms with van der Waals surface area (Å²) in [4.78, 5) is 19.3. The zero-order valence-electron chi connectivity index (χ0n) is 20.0. The molecule has 2 aromatic carbocycles. The Morgan fingerprint density at radius 2 is 1.86 bits per heavy atom. The van der Waals surface area contributed by atoms with Gasteiger partial charge in [-0.2, -0.15) is 4.98 Å². The van der Waals surface area contributed by atoms with Crippen molar-refractivity contribution in [1.29, 1.82) is 0 Å². The molecule has 1 aromatic heterocycles. The molecular weight excluding hydrogens is 463 g/mol. The lowest BCUT2D eigenvalue weighted by Gasteiger charge is -2.27. The monoisotopic (exact) mass is 494 g/mol. The van der Waals surface area contributed by atoms with Gasteiger partial charge in [0.15, 0.2) is 0 Å². The summed E-state index contributed by atoms with van der Waals surface area (Å²) < 4.78 is 15.3. The van der Waals surface area contributed by atoms with Gasteiger partial charge in [0.1, 0.15) is 12.0 Å². The standard InChI is InChI=1S/C26H31FN6O3/c27-24-21(5-2-6-22(24)20-4-1-3-19(11-20)12-28)14-30-26-31-15-23(33(35)36)25(32-26)29-13-17-7-9-18(16-34)10-8-17/h1-6,11,15,17-18,34H,7-10,12-14,16,28H2,(H2,29,30,31,32). The van der Waals surface area contributed by atoms with Crippen LogP contribution >= 0.6 is 0 Å². The van der Waals surface area contributed by atoms with E-state index in [2.05, 4.69) is 20.6 Å². The fourth-order valence-electron chi connectivity index (χ4n) is 4.56. The molecule has 0 atom stereocenters. The van der Waals surface area contributed by atoms with Crippen LogP contribution in [0.5, 0.6) is 0 Å². The van der Waals surface area contributed by atoms with Crippen molar-refractivity contribution in [2.75, 3.05) is 23.8 Å². The highest BCUT2D eigenvalue weighted by Gasteiger charge is 2.23. The van der Waals surface area contributed by atoms with Gasteiger partial charge in [-0.1, -0.05) is 36.4 Å². The number of rotatable bonds is 10. The lowest BCUT2D eigenvalue weighted by molar-refractivity contribution is -0.384. The minimum Gasteiger partial charge on any atom is -0.396 e. The molecule has 10 heteroatoms. The van der Waals surface area contributed by atoms with Crippen LogP contribution in [0.15, 0.2) is 48.7 Å². The molecule has 1 heterocycles. The first-order valence-electron chi connectivity index (χ1n) is 12.1. The molecule has 190 valence electrons. The van der Waals surface area contributed by atoms with E-state index in [1.807, 2.05) is 24.3 Å². The Hall–Kier alpha value is -3.63. The first-order valence-corrected chi connectivity index (χ1v) is 12.1. The van der Waals surface area contributed by atoms with Crippen molar-refractivity contribution >= 4 is 17.5 Å². The lowest BCUT2D eigenvalue weighted by Crippen LogP contribution is -2.23. The van der Waals surface area contributed by atoms with Gasteiger partial charge in [0, 0.05) is 37.4 Å². The van der Waals surface area contributed by atoms with Gasteiger partial charge in [-0.15, -0.1) is 0 Å².